The third-order valence-electron chi connectivity index (χ3n) is 3.79. The highest BCUT2D eigenvalue weighted by Crippen LogP contribution is 2.35. The predicted molar refractivity (Wildman–Crippen MR) is 122 cm³/mol. The van der Waals surface area contributed by atoms with Gasteiger partial charge in [0.1, 0.15) is 17.7 Å². The molecule has 1 aliphatic rings. The van der Waals surface area contributed by atoms with E-state index >= 15 is 0 Å². The molecule has 7 heteroatoms. The van der Waals surface area contributed by atoms with E-state index in [0.717, 1.165) is 23.4 Å². The summed E-state index contributed by atoms with van der Waals surface area (Å²) in [4.78, 5) is 8.61. The molecule has 1 aromatic heterocycles. The van der Waals surface area contributed by atoms with E-state index < -0.39 is 0 Å². The molecule has 0 amide bonds. The lowest BCUT2D eigenvalue weighted by atomic mass is 10.0. The highest BCUT2D eigenvalue weighted by Gasteiger charge is 2.30. The van der Waals surface area contributed by atoms with Crippen molar-refractivity contribution in [1.29, 1.82) is 5.26 Å². The average Bonchev–Trinajstić information content (AvgIpc) is 2.67. The monoisotopic (exact) mass is 393 g/mol. The largest absolute Gasteiger partial charge is 0.405 e. The van der Waals surface area contributed by atoms with Gasteiger partial charge in [-0.15, -0.1) is 0 Å². The summed E-state index contributed by atoms with van der Waals surface area (Å²) in [5.41, 5.74) is 20.5. The molecule has 0 aliphatic carbocycles. The van der Waals surface area contributed by atoms with Crippen molar-refractivity contribution >= 4 is 23.0 Å². The summed E-state index contributed by atoms with van der Waals surface area (Å²) in [5.74, 6) is 0.850. The van der Waals surface area contributed by atoms with Crippen LogP contribution >= 0.6 is 0 Å². The molecule has 154 valence electrons. The smallest absolute Gasteiger partial charge is 0.129 e. The summed E-state index contributed by atoms with van der Waals surface area (Å²) in [5, 5.41) is 12.2. The molecule has 0 bridgehead atoms. The van der Waals surface area contributed by atoms with Gasteiger partial charge >= 0.3 is 0 Å². The van der Waals surface area contributed by atoms with E-state index in [1.807, 2.05) is 38.1 Å². The number of aliphatic imine (C=N–C) groups is 1. The van der Waals surface area contributed by atoms with Gasteiger partial charge in [-0.3, -0.25) is 0 Å². The highest BCUT2D eigenvalue weighted by atomic mass is 15.1. The van der Waals surface area contributed by atoms with Gasteiger partial charge in [-0.05, 0) is 49.4 Å². The van der Waals surface area contributed by atoms with Crippen molar-refractivity contribution in [3.05, 3.63) is 59.4 Å². The van der Waals surface area contributed by atoms with Crippen molar-refractivity contribution in [3.63, 3.8) is 0 Å². The van der Waals surface area contributed by atoms with E-state index in [9.17, 15) is 0 Å². The molecular formula is C22H31N7. The van der Waals surface area contributed by atoms with Crippen LogP contribution in [0.1, 0.15) is 56.5 Å². The van der Waals surface area contributed by atoms with E-state index in [-0.39, 0.29) is 6.04 Å². The van der Waals surface area contributed by atoms with Crippen LogP contribution in [-0.4, -0.2) is 10.8 Å². The van der Waals surface area contributed by atoms with Crippen LogP contribution in [0.15, 0.2) is 47.6 Å². The van der Waals surface area contributed by atoms with E-state index in [0.29, 0.717) is 22.9 Å². The molecule has 7 N–H and O–H groups in total. The van der Waals surface area contributed by atoms with Crippen LogP contribution in [-0.2, 0) is 0 Å². The van der Waals surface area contributed by atoms with Crippen LogP contribution in [0.4, 0.5) is 17.2 Å². The number of nitrogen functional groups attached to an aromatic ring is 1. The molecule has 3 rings (SSSR count). The van der Waals surface area contributed by atoms with Gasteiger partial charge in [0.2, 0.25) is 0 Å². The number of aryl methyl sites for hydroxylation is 1. The Morgan fingerprint density at radius 1 is 1.28 bits per heavy atom. The number of hydrogen-bond donors (Lipinski definition) is 4. The first-order valence-electron chi connectivity index (χ1n) is 9.66. The zero-order chi connectivity index (χ0) is 21.8. The van der Waals surface area contributed by atoms with Crippen molar-refractivity contribution < 1.29 is 0 Å². The summed E-state index contributed by atoms with van der Waals surface area (Å²) in [6, 6.07) is 10.9. The third kappa shape index (κ3) is 6.85. The first-order chi connectivity index (χ1) is 13.9. The molecule has 7 nitrogen and oxygen atoms in total. The maximum atomic E-state index is 9.04. The van der Waals surface area contributed by atoms with Crippen LogP contribution in [0, 0.1) is 18.3 Å². The molecule has 0 fully saturated rings. The maximum absolute atomic E-state index is 9.04. The first kappa shape index (κ1) is 23.5. The summed E-state index contributed by atoms with van der Waals surface area (Å²) in [6.45, 7) is 8.18. The summed E-state index contributed by atoms with van der Waals surface area (Å²) >= 11 is 0. The minimum absolute atomic E-state index is 0.240. The SMILES string of the molecule is CC/C=C/N.CCC.Cc1ccc(N=C(N)C2Nc3ccc(N)nc32)cc1C#N. The van der Waals surface area contributed by atoms with Gasteiger partial charge in [-0.1, -0.05) is 39.3 Å². The van der Waals surface area contributed by atoms with Crippen molar-refractivity contribution in [3.8, 4) is 6.07 Å². The van der Waals surface area contributed by atoms with Crippen molar-refractivity contribution in [2.45, 2.75) is 46.6 Å². The Balaban J connectivity index is 0.000000452. The van der Waals surface area contributed by atoms with Crippen molar-refractivity contribution in [2.75, 3.05) is 11.1 Å². The Labute approximate surface area is 173 Å². The fourth-order valence-electron chi connectivity index (χ4n) is 2.34. The number of allylic oxidation sites excluding steroid dienone is 1. The minimum atomic E-state index is -0.240. The molecule has 1 aliphatic heterocycles. The third-order valence-corrected chi connectivity index (χ3v) is 3.79. The van der Waals surface area contributed by atoms with Gasteiger partial charge in [-0.25, -0.2) is 9.98 Å². The van der Waals surface area contributed by atoms with Crippen LogP contribution in [0.25, 0.3) is 0 Å². The molecule has 29 heavy (non-hydrogen) atoms. The molecule has 0 saturated carbocycles. The Hall–Kier alpha value is -3.53. The van der Waals surface area contributed by atoms with Gasteiger partial charge in [0, 0.05) is 0 Å². The second kappa shape index (κ2) is 12.0. The van der Waals surface area contributed by atoms with Crippen molar-refractivity contribution in [1.82, 2.24) is 4.98 Å². The van der Waals surface area contributed by atoms with Gasteiger partial charge in [0.25, 0.3) is 0 Å². The number of hydrogen-bond acceptors (Lipinski definition) is 6. The van der Waals surface area contributed by atoms with Gasteiger partial charge in [0.05, 0.1) is 28.7 Å². The normalized spacial score (nSPS) is 14.2. The number of pyridine rings is 1. The Kier molecular flexibility index (Phi) is 9.75. The number of nitrogens with two attached hydrogens (primary N) is 3. The number of nitriles is 1. The molecule has 2 heterocycles. The van der Waals surface area contributed by atoms with Crippen LogP contribution < -0.4 is 22.5 Å². The molecule has 1 unspecified atom stereocenters. The fraction of sp³-hybridized carbons (Fsp3) is 0.318. The highest BCUT2D eigenvalue weighted by molar-refractivity contribution is 5.96. The van der Waals surface area contributed by atoms with Crippen LogP contribution in [0.5, 0.6) is 0 Å². The number of aromatic nitrogens is 1. The van der Waals surface area contributed by atoms with Gasteiger partial charge in [-0.2, -0.15) is 5.26 Å². The Morgan fingerprint density at radius 3 is 2.52 bits per heavy atom. The summed E-state index contributed by atoms with van der Waals surface area (Å²) in [7, 11) is 0. The quantitative estimate of drug-likeness (QED) is 0.453. The molecule has 1 atom stereocenters. The van der Waals surface area contributed by atoms with Gasteiger partial charge < -0.3 is 22.5 Å². The van der Waals surface area contributed by atoms with E-state index in [2.05, 4.69) is 35.2 Å². The maximum Gasteiger partial charge on any atom is 0.129 e. The van der Waals surface area contributed by atoms with E-state index in [1.165, 1.54) is 6.42 Å². The number of fused-ring (bicyclic) bond motifs is 1. The zero-order valence-corrected chi connectivity index (χ0v) is 17.6. The van der Waals surface area contributed by atoms with Crippen LogP contribution in [0.2, 0.25) is 0 Å². The molecule has 0 spiro atoms. The molecule has 0 radical (unpaired) electrons. The topological polar surface area (TPSA) is 139 Å². The fourth-order valence-corrected chi connectivity index (χ4v) is 2.34. The summed E-state index contributed by atoms with van der Waals surface area (Å²) < 4.78 is 0. The predicted octanol–water partition coefficient (Wildman–Crippen LogP) is 4.28. The standard InChI is InChI=1S/C15H14N6.C4H9N.C3H8/c1-8-2-3-10(6-9(8)7-16)19-15(18)14-13-11(20-14)4-5-12(17)21-13;1-2-3-4-5;1-3-2/h2-6,14,20H,1H3,(H2,17,21)(H2,18,19);3-4H,2,5H2,1H3;3H2,1-2H3/b;4-3+;. The summed E-state index contributed by atoms with van der Waals surface area (Å²) in [6.07, 6.45) is 5.75. The number of benzene rings is 1. The number of rotatable bonds is 3. The van der Waals surface area contributed by atoms with E-state index in [4.69, 9.17) is 22.5 Å². The van der Waals surface area contributed by atoms with E-state index in [1.54, 1.807) is 18.3 Å². The van der Waals surface area contributed by atoms with Crippen LogP contribution in [0.3, 0.4) is 0 Å². The number of amidine groups is 1. The first-order valence-corrected chi connectivity index (χ1v) is 9.66. The molecule has 0 saturated heterocycles. The lowest BCUT2D eigenvalue weighted by Gasteiger charge is -2.30. The lowest BCUT2D eigenvalue weighted by molar-refractivity contribution is 0.881. The lowest BCUT2D eigenvalue weighted by Crippen LogP contribution is -2.36. The molecule has 1 aromatic carbocycles. The van der Waals surface area contributed by atoms with Crippen molar-refractivity contribution in [2.24, 2.45) is 16.5 Å². The molecule has 2 aromatic rings. The zero-order valence-electron chi connectivity index (χ0n) is 17.6. The minimum Gasteiger partial charge on any atom is -0.405 e. The second-order valence-corrected chi connectivity index (χ2v) is 6.44. The Morgan fingerprint density at radius 2 is 1.97 bits per heavy atom. The number of nitrogens with one attached hydrogen (secondary N) is 1. The molecular weight excluding hydrogens is 362 g/mol. The second-order valence-electron chi connectivity index (χ2n) is 6.44. The van der Waals surface area contributed by atoms with Gasteiger partial charge in [0.15, 0.2) is 0 Å². The number of nitrogens with zero attached hydrogens (tertiary/aromatic N) is 3. The average molecular weight is 394 g/mol. The Bertz CT molecular complexity index is 895. The number of anilines is 2.